The molecular weight excluding hydrogens is 390 g/mol. The highest BCUT2D eigenvalue weighted by Gasteiger charge is 2.32. The molecule has 7 nitrogen and oxygen atoms in total. The van der Waals surface area contributed by atoms with E-state index in [9.17, 15) is 14.4 Å². The number of hydrogen-bond acceptors (Lipinski definition) is 5. The molecular formula is C18H20ClN3O4S. The summed E-state index contributed by atoms with van der Waals surface area (Å²) < 4.78 is 5.22. The van der Waals surface area contributed by atoms with Gasteiger partial charge in [-0.1, -0.05) is 29.4 Å². The Morgan fingerprint density at radius 3 is 2.81 bits per heavy atom. The van der Waals surface area contributed by atoms with Crippen LogP contribution in [0.15, 0.2) is 23.2 Å². The Morgan fingerprint density at radius 2 is 2.11 bits per heavy atom. The van der Waals surface area contributed by atoms with Crippen LogP contribution in [0.5, 0.6) is 0 Å². The molecule has 1 N–H and O–H groups in total. The van der Waals surface area contributed by atoms with Gasteiger partial charge in [0, 0.05) is 30.2 Å². The van der Waals surface area contributed by atoms with Crippen LogP contribution in [0, 0.1) is 6.92 Å². The fraction of sp³-hybridized carbons (Fsp3) is 0.444. The second-order valence-corrected chi connectivity index (χ2v) is 8.02. The molecule has 2 aliphatic rings. The minimum Gasteiger partial charge on any atom is -0.378 e. The first-order chi connectivity index (χ1) is 12.9. The van der Waals surface area contributed by atoms with Crippen molar-refractivity contribution in [2.75, 3.05) is 31.6 Å². The number of benzene rings is 1. The number of halogens is 1. The van der Waals surface area contributed by atoms with Gasteiger partial charge in [-0.25, -0.2) is 4.99 Å². The lowest BCUT2D eigenvalue weighted by molar-refractivity contribution is -0.133. The van der Waals surface area contributed by atoms with Crippen molar-refractivity contribution in [2.45, 2.75) is 25.0 Å². The molecule has 27 heavy (non-hydrogen) atoms. The number of carbonyl (C=O) groups is 3. The third kappa shape index (κ3) is 5.31. The Morgan fingerprint density at radius 1 is 1.37 bits per heavy atom. The van der Waals surface area contributed by atoms with Gasteiger partial charge < -0.3 is 15.0 Å². The van der Waals surface area contributed by atoms with Gasteiger partial charge in [0.15, 0.2) is 0 Å². The standard InChI is InChI=1S/C18H20ClN3O4S/c1-11-2-3-12(8-13(11)19)20-15(23)9-14-18(25)21-16(27-14)10-17(24)22-4-6-26-7-5-22/h2-3,8,14H,4-7,9-10H2,1H3,(H,20,23)/t14-/m1/s1. The Hall–Kier alpha value is -1.90. The molecule has 0 spiro atoms. The zero-order valence-corrected chi connectivity index (χ0v) is 16.4. The molecule has 144 valence electrons. The quantitative estimate of drug-likeness (QED) is 0.805. The van der Waals surface area contributed by atoms with E-state index in [0.717, 1.165) is 5.56 Å². The summed E-state index contributed by atoms with van der Waals surface area (Å²) >= 11 is 7.24. The highest BCUT2D eigenvalue weighted by Crippen LogP contribution is 2.28. The van der Waals surface area contributed by atoms with Crippen LogP contribution in [-0.4, -0.2) is 59.2 Å². The molecule has 9 heteroatoms. The number of amides is 3. The third-order valence-corrected chi connectivity index (χ3v) is 5.85. The molecule has 0 bridgehead atoms. The number of nitrogens with one attached hydrogen (secondary N) is 1. The summed E-state index contributed by atoms with van der Waals surface area (Å²) in [7, 11) is 0. The predicted molar refractivity (Wildman–Crippen MR) is 105 cm³/mol. The average molecular weight is 410 g/mol. The van der Waals surface area contributed by atoms with Crippen molar-refractivity contribution in [3.63, 3.8) is 0 Å². The molecule has 2 heterocycles. The third-order valence-electron chi connectivity index (χ3n) is 4.28. The fourth-order valence-corrected chi connectivity index (χ4v) is 4.00. The number of carbonyl (C=O) groups excluding carboxylic acids is 3. The maximum Gasteiger partial charge on any atom is 0.260 e. The van der Waals surface area contributed by atoms with E-state index in [1.165, 1.54) is 11.8 Å². The Labute approximate surface area is 166 Å². The Kier molecular flexibility index (Phi) is 6.51. The van der Waals surface area contributed by atoms with Crippen molar-refractivity contribution in [1.82, 2.24) is 4.90 Å². The van der Waals surface area contributed by atoms with Crippen molar-refractivity contribution in [2.24, 2.45) is 4.99 Å². The molecule has 3 rings (SSSR count). The van der Waals surface area contributed by atoms with Gasteiger partial charge in [-0.2, -0.15) is 0 Å². The van der Waals surface area contributed by atoms with Crippen molar-refractivity contribution in [1.29, 1.82) is 0 Å². The molecule has 1 saturated heterocycles. The van der Waals surface area contributed by atoms with Crippen molar-refractivity contribution >= 4 is 51.8 Å². The first kappa shape index (κ1) is 19.9. The van der Waals surface area contributed by atoms with Gasteiger partial charge in [0.1, 0.15) is 5.25 Å². The van der Waals surface area contributed by atoms with E-state index < -0.39 is 5.25 Å². The van der Waals surface area contributed by atoms with E-state index >= 15 is 0 Å². The van der Waals surface area contributed by atoms with Crippen molar-refractivity contribution < 1.29 is 19.1 Å². The largest absolute Gasteiger partial charge is 0.378 e. The van der Waals surface area contributed by atoms with Crippen LogP contribution in [0.25, 0.3) is 0 Å². The molecule has 1 fully saturated rings. The monoisotopic (exact) mass is 409 g/mol. The average Bonchev–Trinajstić information content (AvgIpc) is 2.97. The van der Waals surface area contributed by atoms with Crippen LogP contribution >= 0.6 is 23.4 Å². The smallest absolute Gasteiger partial charge is 0.260 e. The first-order valence-electron chi connectivity index (χ1n) is 8.62. The van der Waals surface area contributed by atoms with Gasteiger partial charge in [0.25, 0.3) is 5.91 Å². The fourth-order valence-electron chi connectivity index (χ4n) is 2.75. The summed E-state index contributed by atoms with van der Waals surface area (Å²) in [6.45, 7) is 4.02. The Balaban J connectivity index is 1.50. The maximum atomic E-state index is 12.3. The molecule has 3 amide bonds. The molecule has 0 radical (unpaired) electrons. The number of thioether (sulfide) groups is 1. The SMILES string of the molecule is Cc1ccc(NC(=O)C[C@H]2SC(CC(=O)N3CCOCC3)=NC2=O)cc1Cl. The molecule has 2 aliphatic heterocycles. The minimum absolute atomic E-state index is 0.00621. The van der Waals surface area contributed by atoms with E-state index in [2.05, 4.69) is 10.3 Å². The number of aryl methyl sites for hydroxylation is 1. The van der Waals surface area contributed by atoms with Crippen molar-refractivity contribution in [3.8, 4) is 0 Å². The van der Waals surface area contributed by atoms with E-state index in [0.29, 0.717) is 42.1 Å². The molecule has 1 atom stereocenters. The van der Waals surface area contributed by atoms with Crippen LogP contribution in [0.1, 0.15) is 18.4 Å². The molecule has 1 aromatic carbocycles. The van der Waals surface area contributed by atoms with E-state index in [4.69, 9.17) is 16.3 Å². The number of ether oxygens (including phenoxy) is 1. The van der Waals surface area contributed by atoms with Gasteiger partial charge in [0.05, 0.1) is 24.7 Å². The zero-order valence-electron chi connectivity index (χ0n) is 14.9. The molecule has 1 aromatic rings. The lowest BCUT2D eigenvalue weighted by Crippen LogP contribution is -2.41. The topological polar surface area (TPSA) is 88.1 Å². The van der Waals surface area contributed by atoms with Gasteiger partial charge in [-0.15, -0.1) is 0 Å². The van der Waals surface area contributed by atoms with Crippen molar-refractivity contribution in [3.05, 3.63) is 28.8 Å². The predicted octanol–water partition coefficient (Wildman–Crippen LogP) is 2.27. The van der Waals surface area contributed by atoms with Crippen LogP contribution in [0.2, 0.25) is 5.02 Å². The summed E-state index contributed by atoms with van der Waals surface area (Å²) in [6, 6.07) is 5.23. The Bertz CT molecular complexity index is 793. The normalized spacial score (nSPS) is 19.8. The summed E-state index contributed by atoms with van der Waals surface area (Å²) in [5, 5.41) is 3.16. The number of morpholine rings is 1. The number of hydrogen-bond donors (Lipinski definition) is 1. The summed E-state index contributed by atoms with van der Waals surface area (Å²) in [5.74, 6) is -0.740. The van der Waals surface area contributed by atoms with Gasteiger partial charge >= 0.3 is 0 Å². The number of rotatable bonds is 5. The van der Waals surface area contributed by atoms with Gasteiger partial charge in [-0.05, 0) is 24.6 Å². The highest BCUT2D eigenvalue weighted by atomic mass is 35.5. The molecule has 0 saturated carbocycles. The van der Waals surface area contributed by atoms with Gasteiger partial charge in [0.2, 0.25) is 11.8 Å². The van der Waals surface area contributed by atoms with Crippen LogP contribution in [0.4, 0.5) is 5.69 Å². The minimum atomic E-state index is -0.599. The van der Waals surface area contributed by atoms with Crippen LogP contribution < -0.4 is 5.32 Å². The number of nitrogens with zero attached hydrogens (tertiary/aromatic N) is 2. The number of anilines is 1. The maximum absolute atomic E-state index is 12.3. The van der Waals surface area contributed by atoms with Crippen LogP contribution in [-0.2, 0) is 19.1 Å². The zero-order chi connectivity index (χ0) is 19.4. The lowest BCUT2D eigenvalue weighted by Gasteiger charge is -2.26. The molecule has 0 aromatic heterocycles. The van der Waals surface area contributed by atoms with E-state index in [1.807, 2.05) is 13.0 Å². The summed E-state index contributed by atoms with van der Waals surface area (Å²) in [4.78, 5) is 42.2. The summed E-state index contributed by atoms with van der Waals surface area (Å²) in [5.41, 5.74) is 1.49. The second-order valence-electron chi connectivity index (χ2n) is 6.34. The number of aliphatic imine (C=N–C) groups is 1. The lowest BCUT2D eigenvalue weighted by atomic mass is 10.2. The highest BCUT2D eigenvalue weighted by molar-refractivity contribution is 8.15. The summed E-state index contributed by atoms with van der Waals surface area (Å²) in [6.07, 6.45) is 0.0792. The molecule has 0 aliphatic carbocycles. The molecule has 0 unspecified atom stereocenters. The second kappa shape index (κ2) is 8.86. The van der Waals surface area contributed by atoms with Crippen LogP contribution in [0.3, 0.4) is 0 Å². The van der Waals surface area contributed by atoms with E-state index in [-0.39, 0.29) is 30.6 Å². The van der Waals surface area contributed by atoms with E-state index in [1.54, 1.807) is 17.0 Å². The van der Waals surface area contributed by atoms with Gasteiger partial charge in [-0.3, -0.25) is 14.4 Å². The first-order valence-corrected chi connectivity index (χ1v) is 9.88.